The molecule has 0 radical (unpaired) electrons. The van der Waals surface area contributed by atoms with Gasteiger partial charge in [-0.05, 0) is 26.7 Å². The quantitative estimate of drug-likeness (QED) is 0.848. The van der Waals surface area contributed by atoms with Crippen LogP contribution in [0.1, 0.15) is 24.2 Å². The Hall–Kier alpha value is -1.07. The van der Waals surface area contributed by atoms with Crippen LogP contribution in [0.3, 0.4) is 0 Å². The van der Waals surface area contributed by atoms with Gasteiger partial charge in [-0.2, -0.15) is 5.10 Å². The van der Waals surface area contributed by atoms with E-state index in [1.807, 2.05) is 25.6 Å². The fourth-order valence-corrected chi connectivity index (χ4v) is 2.22. The van der Waals surface area contributed by atoms with Gasteiger partial charge in [-0.3, -0.25) is 4.68 Å². The summed E-state index contributed by atoms with van der Waals surface area (Å²) in [5.74, 6) is 0.882. The lowest BCUT2D eigenvalue weighted by Gasteiger charge is -2.13. The molecule has 1 aromatic heterocycles. The smallest absolute Gasteiger partial charge is 0.163 e. The van der Waals surface area contributed by atoms with Crippen LogP contribution in [0.2, 0.25) is 0 Å². The first-order chi connectivity index (χ1) is 8.11. The summed E-state index contributed by atoms with van der Waals surface area (Å²) >= 11 is 0. The van der Waals surface area contributed by atoms with E-state index in [1.165, 1.54) is 0 Å². The predicted octanol–water partition coefficient (Wildman–Crippen LogP) is 0.922. The largest absolute Gasteiger partial charge is 0.487 e. The summed E-state index contributed by atoms with van der Waals surface area (Å²) in [5, 5.41) is 4.32. The third kappa shape index (κ3) is 2.61. The summed E-state index contributed by atoms with van der Waals surface area (Å²) in [4.78, 5) is 0. The highest BCUT2D eigenvalue weighted by Gasteiger charge is 2.25. The van der Waals surface area contributed by atoms with Crippen molar-refractivity contribution in [2.75, 3.05) is 13.2 Å². The lowest BCUT2D eigenvalue weighted by atomic mass is 10.2. The number of aromatic nitrogens is 2. The lowest BCUT2D eigenvalue weighted by Crippen LogP contribution is -2.23. The van der Waals surface area contributed by atoms with Gasteiger partial charge in [0.1, 0.15) is 12.3 Å². The molecular formula is C12H21N3O2. The molecule has 5 nitrogen and oxygen atoms in total. The van der Waals surface area contributed by atoms with Crippen LogP contribution in [-0.4, -0.2) is 35.1 Å². The number of ether oxygens (including phenoxy) is 2. The molecule has 0 bridgehead atoms. The zero-order chi connectivity index (χ0) is 12.4. The Bertz CT molecular complexity index is 389. The van der Waals surface area contributed by atoms with E-state index < -0.39 is 0 Å². The number of rotatable bonds is 4. The highest BCUT2D eigenvalue weighted by atomic mass is 16.5. The Kier molecular flexibility index (Phi) is 3.69. The normalized spacial score (nSPS) is 24.2. The molecule has 2 N–H and O–H groups in total. The van der Waals surface area contributed by atoms with Gasteiger partial charge in [-0.1, -0.05) is 0 Å². The van der Waals surface area contributed by atoms with Crippen molar-refractivity contribution in [1.29, 1.82) is 0 Å². The zero-order valence-electron chi connectivity index (χ0n) is 10.8. The van der Waals surface area contributed by atoms with Crippen LogP contribution in [0.25, 0.3) is 0 Å². The minimum absolute atomic E-state index is 0.169. The van der Waals surface area contributed by atoms with Crippen LogP contribution in [-0.2, 0) is 11.8 Å². The van der Waals surface area contributed by atoms with Gasteiger partial charge in [0.2, 0.25) is 0 Å². The average Bonchev–Trinajstić information content (AvgIpc) is 2.84. The second kappa shape index (κ2) is 5.06. The average molecular weight is 239 g/mol. The van der Waals surface area contributed by atoms with E-state index in [0.29, 0.717) is 13.2 Å². The molecule has 1 saturated heterocycles. The van der Waals surface area contributed by atoms with Gasteiger partial charge < -0.3 is 15.2 Å². The molecule has 1 aliphatic rings. The van der Waals surface area contributed by atoms with Crippen molar-refractivity contribution in [3.63, 3.8) is 0 Å². The van der Waals surface area contributed by atoms with Crippen LogP contribution >= 0.6 is 0 Å². The molecule has 96 valence electrons. The van der Waals surface area contributed by atoms with E-state index >= 15 is 0 Å². The Morgan fingerprint density at radius 2 is 2.12 bits per heavy atom. The fraction of sp³-hybridized carbons (Fsp3) is 0.750. The molecule has 1 fully saturated rings. The maximum absolute atomic E-state index is 5.82. The van der Waals surface area contributed by atoms with E-state index in [2.05, 4.69) is 5.10 Å². The van der Waals surface area contributed by atoms with Gasteiger partial charge in [-0.15, -0.1) is 0 Å². The van der Waals surface area contributed by atoms with Crippen LogP contribution in [0.4, 0.5) is 0 Å². The molecule has 1 aromatic rings. The molecule has 1 aliphatic heterocycles. The molecule has 2 atom stereocenters. The van der Waals surface area contributed by atoms with Crippen LogP contribution < -0.4 is 10.5 Å². The maximum atomic E-state index is 5.82. The number of nitrogens with zero attached hydrogens (tertiary/aromatic N) is 2. The lowest BCUT2D eigenvalue weighted by molar-refractivity contribution is 0.0219. The Morgan fingerprint density at radius 3 is 2.65 bits per heavy atom. The van der Waals surface area contributed by atoms with Gasteiger partial charge in [0.05, 0.1) is 17.9 Å². The van der Waals surface area contributed by atoms with E-state index in [9.17, 15) is 0 Å². The highest BCUT2D eigenvalue weighted by molar-refractivity contribution is 5.31. The molecule has 0 spiro atoms. The standard InChI is InChI=1S/C12H21N3O2/c1-8-12(9(2)15(3)14-8)16-7-11-5-4-10(6-13)17-11/h10-11H,4-7,13H2,1-3H3. The third-order valence-electron chi connectivity index (χ3n) is 3.31. The van der Waals surface area contributed by atoms with Gasteiger partial charge in [0.25, 0.3) is 0 Å². The first-order valence-corrected chi connectivity index (χ1v) is 6.10. The second-order valence-corrected chi connectivity index (χ2v) is 4.63. The van der Waals surface area contributed by atoms with Crippen molar-refractivity contribution in [3.05, 3.63) is 11.4 Å². The summed E-state index contributed by atoms with van der Waals surface area (Å²) in [6.45, 7) is 5.15. The zero-order valence-corrected chi connectivity index (χ0v) is 10.8. The van der Waals surface area contributed by atoms with Crippen molar-refractivity contribution in [2.45, 2.75) is 38.9 Å². The molecule has 2 heterocycles. The van der Waals surface area contributed by atoms with Crippen LogP contribution in [0.5, 0.6) is 5.75 Å². The number of aryl methyl sites for hydroxylation is 2. The maximum Gasteiger partial charge on any atom is 0.163 e. The molecule has 17 heavy (non-hydrogen) atoms. The Labute approximate surface area is 102 Å². The second-order valence-electron chi connectivity index (χ2n) is 4.63. The van der Waals surface area contributed by atoms with E-state index in [1.54, 1.807) is 0 Å². The molecule has 0 aromatic carbocycles. The van der Waals surface area contributed by atoms with E-state index in [4.69, 9.17) is 15.2 Å². The van der Waals surface area contributed by atoms with Crippen molar-refractivity contribution in [1.82, 2.24) is 9.78 Å². The monoisotopic (exact) mass is 239 g/mol. The van der Waals surface area contributed by atoms with Gasteiger partial charge in [0, 0.05) is 13.6 Å². The summed E-state index contributed by atoms with van der Waals surface area (Å²) in [5.41, 5.74) is 7.56. The first kappa shape index (κ1) is 12.4. The first-order valence-electron chi connectivity index (χ1n) is 6.10. The number of hydrogen-bond donors (Lipinski definition) is 1. The number of nitrogens with two attached hydrogens (primary N) is 1. The summed E-state index contributed by atoms with van der Waals surface area (Å²) < 4.78 is 13.4. The van der Waals surface area contributed by atoms with Gasteiger partial charge in [-0.25, -0.2) is 0 Å². The SMILES string of the molecule is Cc1nn(C)c(C)c1OCC1CCC(CN)O1. The van der Waals surface area contributed by atoms with Crippen LogP contribution in [0.15, 0.2) is 0 Å². The molecule has 2 rings (SSSR count). The molecule has 5 heteroatoms. The minimum atomic E-state index is 0.169. The fourth-order valence-electron chi connectivity index (χ4n) is 2.22. The molecule has 0 amide bonds. The predicted molar refractivity (Wildman–Crippen MR) is 65.1 cm³/mol. The van der Waals surface area contributed by atoms with Crippen molar-refractivity contribution < 1.29 is 9.47 Å². The van der Waals surface area contributed by atoms with Crippen molar-refractivity contribution in [2.24, 2.45) is 12.8 Å². The molecule has 2 unspecified atom stereocenters. The third-order valence-corrected chi connectivity index (χ3v) is 3.31. The topological polar surface area (TPSA) is 62.3 Å². The summed E-state index contributed by atoms with van der Waals surface area (Å²) in [6.07, 6.45) is 2.44. The van der Waals surface area contributed by atoms with E-state index in [-0.39, 0.29) is 12.2 Å². The van der Waals surface area contributed by atoms with Crippen molar-refractivity contribution >= 4 is 0 Å². The Balaban J connectivity index is 1.90. The molecule has 0 aliphatic carbocycles. The highest BCUT2D eigenvalue weighted by Crippen LogP contribution is 2.24. The van der Waals surface area contributed by atoms with E-state index in [0.717, 1.165) is 30.0 Å². The Morgan fingerprint density at radius 1 is 1.41 bits per heavy atom. The minimum Gasteiger partial charge on any atom is -0.487 e. The molecule has 0 saturated carbocycles. The van der Waals surface area contributed by atoms with Gasteiger partial charge in [0.15, 0.2) is 5.75 Å². The van der Waals surface area contributed by atoms with Crippen LogP contribution in [0, 0.1) is 13.8 Å². The number of hydrogen-bond acceptors (Lipinski definition) is 4. The van der Waals surface area contributed by atoms with Gasteiger partial charge >= 0.3 is 0 Å². The van der Waals surface area contributed by atoms with Crippen molar-refractivity contribution in [3.8, 4) is 5.75 Å². The summed E-state index contributed by atoms with van der Waals surface area (Å²) in [7, 11) is 1.92. The summed E-state index contributed by atoms with van der Waals surface area (Å²) in [6, 6.07) is 0. The molecular weight excluding hydrogens is 218 g/mol.